The second-order valence-corrected chi connectivity index (χ2v) is 8.86. The zero-order valence-corrected chi connectivity index (χ0v) is 11.7. The highest BCUT2D eigenvalue weighted by Gasteiger charge is 2.41. The van der Waals surface area contributed by atoms with Gasteiger partial charge in [-0.05, 0) is 32.7 Å². The molecule has 1 atom stereocenters. The summed E-state index contributed by atoms with van der Waals surface area (Å²) in [5.74, 6) is 0. The molecule has 2 nitrogen and oxygen atoms in total. The minimum Gasteiger partial charge on any atom is -0.314 e. The Kier molecular flexibility index (Phi) is 5.63. The van der Waals surface area contributed by atoms with Crippen LogP contribution in [0.2, 0.25) is 5.54 Å². The third-order valence-corrected chi connectivity index (χ3v) is 8.52. The standard InChI is InChI=1S/C11H26N2Si/c1-8-13(9-2)14(10-3,11(4)5)12(6)7/h10-11H,3,8-9H2,1-2,4-7H3. The van der Waals surface area contributed by atoms with E-state index >= 15 is 0 Å². The summed E-state index contributed by atoms with van der Waals surface area (Å²) in [5, 5.41) is 0. The number of nitrogens with zero attached hydrogens (tertiary/aromatic N) is 2. The molecule has 0 fully saturated rings. The van der Waals surface area contributed by atoms with Gasteiger partial charge < -0.3 is 9.13 Å². The molecule has 0 saturated heterocycles. The third-order valence-electron chi connectivity index (χ3n) is 3.14. The average Bonchev–Trinajstić information content (AvgIpc) is 2.12. The number of hydrogen-bond acceptors (Lipinski definition) is 2. The topological polar surface area (TPSA) is 6.48 Å². The Hall–Kier alpha value is -0.123. The molecule has 0 aromatic heterocycles. The lowest BCUT2D eigenvalue weighted by molar-refractivity contribution is 0.395. The minimum absolute atomic E-state index is 0.676. The molecule has 0 aromatic rings. The first kappa shape index (κ1) is 13.9. The zero-order chi connectivity index (χ0) is 11.4. The Labute approximate surface area is 90.8 Å². The first-order chi connectivity index (χ1) is 6.47. The summed E-state index contributed by atoms with van der Waals surface area (Å²) in [4.78, 5) is 0. The summed E-state index contributed by atoms with van der Waals surface area (Å²) < 4.78 is 4.99. The van der Waals surface area contributed by atoms with Crippen molar-refractivity contribution in [1.29, 1.82) is 0 Å². The third kappa shape index (κ3) is 2.27. The van der Waals surface area contributed by atoms with Crippen LogP contribution in [0.25, 0.3) is 0 Å². The maximum atomic E-state index is 4.07. The zero-order valence-electron chi connectivity index (χ0n) is 10.7. The molecular formula is C11H26N2Si. The Morgan fingerprint density at radius 1 is 1.21 bits per heavy atom. The van der Waals surface area contributed by atoms with E-state index in [0.29, 0.717) is 5.54 Å². The normalized spacial score (nSPS) is 16.4. The van der Waals surface area contributed by atoms with Gasteiger partial charge in [-0.1, -0.05) is 33.4 Å². The summed E-state index contributed by atoms with van der Waals surface area (Å²) >= 11 is 0. The average molecular weight is 214 g/mol. The fraction of sp³-hybridized carbons (Fsp3) is 0.818. The van der Waals surface area contributed by atoms with Crippen LogP contribution in [0.1, 0.15) is 27.7 Å². The van der Waals surface area contributed by atoms with Crippen molar-refractivity contribution in [2.45, 2.75) is 33.2 Å². The molecule has 14 heavy (non-hydrogen) atoms. The van der Waals surface area contributed by atoms with Crippen molar-refractivity contribution >= 4 is 8.40 Å². The molecule has 0 aliphatic carbocycles. The van der Waals surface area contributed by atoms with Crippen molar-refractivity contribution in [3.8, 4) is 0 Å². The predicted molar refractivity (Wildman–Crippen MR) is 67.7 cm³/mol. The Bertz CT molecular complexity index is 166. The van der Waals surface area contributed by atoms with Crippen LogP contribution in [0, 0.1) is 0 Å². The smallest absolute Gasteiger partial charge is 0.233 e. The molecule has 0 spiro atoms. The maximum Gasteiger partial charge on any atom is 0.233 e. The maximum absolute atomic E-state index is 4.07. The highest BCUT2D eigenvalue weighted by atomic mass is 28.3. The summed E-state index contributed by atoms with van der Waals surface area (Å²) in [6.45, 7) is 15.4. The van der Waals surface area contributed by atoms with E-state index < -0.39 is 8.40 Å². The second-order valence-electron chi connectivity index (χ2n) is 4.21. The van der Waals surface area contributed by atoms with Gasteiger partial charge in [-0.25, -0.2) is 0 Å². The SMILES string of the molecule is C=C[Si](C(C)C)(N(C)C)N(CC)CC. The molecule has 3 heteroatoms. The first-order valence-electron chi connectivity index (χ1n) is 5.53. The van der Waals surface area contributed by atoms with Crippen LogP contribution in [-0.2, 0) is 0 Å². The summed E-state index contributed by atoms with van der Waals surface area (Å²) in [5.41, 5.74) is 2.89. The van der Waals surface area contributed by atoms with Gasteiger partial charge in [0.15, 0.2) is 0 Å². The molecular weight excluding hydrogens is 188 g/mol. The first-order valence-corrected chi connectivity index (χ1v) is 7.58. The highest BCUT2D eigenvalue weighted by Crippen LogP contribution is 2.27. The predicted octanol–water partition coefficient (Wildman–Crippen LogP) is 2.47. The molecule has 0 N–H and O–H groups in total. The monoisotopic (exact) mass is 214 g/mol. The van der Waals surface area contributed by atoms with Crippen molar-refractivity contribution in [3.05, 3.63) is 12.3 Å². The van der Waals surface area contributed by atoms with Gasteiger partial charge in [0, 0.05) is 0 Å². The molecule has 0 aliphatic rings. The van der Waals surface area contributed by atoms with Gasteiger partial charge in [-0.2, -0.15) is 0 Å². The van der Waals surface area contributed by atoms with E-state index in [-0.39, 0.29) is 0 Å². The Morgan fingerprint density at radius 2 is 1.64 bits per heavy atom. The molecule has 0 aromatic carbocycles. The molecule has 0 rings (SSSR count). The van der Waals surface area contributed by atoms with E-state index in [2.05, 4.69) is 63.2 Å². The molecule has 1 unspecified atom stereocenters. The van der Waals surface area contributed by atoms with Crippen molar-refractivity contribution in [2.75, 3.05) is 27.2 Å². The number of rotatable bonds is 6. The lowest BCUT2D eigenvalue weighted by Crippen LogP contribution is -2.64. The minimum atomic E-state index is -1.62. The van der Waals surface area contributed by atoms with Crippen LogP contribution in [-0.4, -0.2) is 44.7 Å². The molecule has 84 valence electrons. The fourth-order valence-electron chi connectivity index (χ4n) is 2.44. The summed E-state index contributed by atoms with van der Waals surface area (Å²) in [6, 6.07) is 0. The van der Waals surface area contributed by atoms with Gasteiger partial charge in [-0.15, -0.1) is 6.58 Å². The summed E-state index contributed by atoms with van der Waals surface area (Å²) in [6.07, 6.45) is 0. The largest absolute Gasteiger partial charge is 0.314 e. The van der Waals surface area contributed by atoms with E-state index in [9.17, 15) is 0 Å². The molecule has 0 bridgehead atoms. The Morgan fingerprint density at radius 3 is 1.71 bits per heavy atom. The van der Waals surface area contributed by atoms with Crippen LogP contribution in [0.15, 0.2) is 12.3 Å². The molecule has 0 saturated carbocycles. The molecule has 0 aliphatic heterocycles. The van der Waals surface area contributed by atoms with E-state index in [1.54, 1.807) is 0 Å². The second kappa shape index (κ2) is 5.68. The van der Waals surface area contributed by atoms with E-state index in [1.165, 1.54) is 0 Å². The van der Waals surface area contributed by atoms with Crippen molar-refractivity contribution in [2.24, 2.45) is 0 Å². The van der Waals surface area contributed by atoms with Gasteiger partial charge in [-0.3, -0.25) is 0 Å². The molecule has 0 heterocycles. The van der Waals surface area contributed by atoms with Crippen molar-refractivity contribution in [1.82, 2.24) is 9.13 Å². The van der Waals surface area contributed by atoms with E-state index in [1.807, 2.05) is 0 Å². The van der Waals surface area contributed by atoms with E-state index in [0.717, 1.165) is 13.1 Å². The van der Waals surface area contributed by atoms with Crippen LogP contribution < -0.4 is 0 Å². The molecule has 0 amide bonds. The van der Waals surface area contributed by atoms with Crippen molar-refractivity contribution < 1.29 is 0 Å². The lowest BCUT2D eigenvalue weighted by Gasteiger charge is -2.46. The van der Waals surface area contributed by atoms with Crippen LogP contribution in [0.5, 0.6) is 0 Å². The van der Waals surface area contributed by atoms with Gasteiger partial charge in [0.2, 0.25) is 8.40 Å². The van der Waals surface area contributed by atoms with Crippen molar-refractivity contribution in [3.63, 3.8) is 0 Å². The lowest BCUT2D eigenvalue weighted by atomic mass is 10.6. The van der Waals surface area contributed by atoms with Gasteiger partial charge >= 0.3 is 0 Å². The van der Waals surface area contributed by atoms with Crippen LogP contribution >= 0.6 is 0 Å². The van der Waals surface area contributed by atoms with Crippen LogP contribution in [0.4, 0.5) is 0 Å². The summed E-state index contributed by atoms with van der Waals surface area (Å²) in [7, 11) is 2.75. The highest BCUT2D eigenvalue weighted by molar-refractivity contribution is 6.80. The van der Waals surface area contributed by atoms with Gasteiger partial charge in [0.05, 0.1) is 0 Å². The fourth-order valence-corrected chi connectivity index (χ4v) is 6.88. The molecule has 0 radical (unpaired) electrons. The van der Waals surface area contributed by atoms with Gasteiger partial charge in [0.25, 0.3) is 0 Å². The Balaban J connectivity index is 5.11. The van der Waals surface area contributed by atoms with Crippen LogP contribution in [0.3, 0.4) is 0 Å². The van der Waals surface area contributed by atoms with Gasteiger partial charge in [0.1, 0.15) is 0 Å². The number of hydrogen-bond donors (Lipinski definition) is 0. The quantitative estimate of drug-likeness (QED) is 0.627. The van der Waals surface area contributed by atoms with E-state index in [4.69, 9.17) is 0 Å².